The van der Waals surface area contributed by atoms with E-state index in [0.717, 1.165) is 3.79 Å². The van der Waals surface area contributed by atoms with Crippen LogP contribution in [0.1, 0.15) is 4.88 Å². The van der Waals surface area contributed by atoms with Crippen molar-refractivity contribution < 1.29 is 4.39 Å². The Hall–Kier alpha value is -1.53. The average molecular weight is 352 g/mol. The van der Waals surface area contributed by atoms with Crippen molar-refractivity contribution in [2.45, 2.75) is 6.54 Å². The lowest BCUT2D eigenvalue weighted by Crippen LogP contribution is -2.17. The van der Waals surface area contributed by atoms with Crippen LogP contribution in [0.15, 0.2) is 40.4 Å². The Kier molecular flexibility index (Phi) is 3.67. The van der Waals surface area contributed by atoms with Gasteiger partial charge in [0.1, 0.15) is 18.0 Å². The van der Waals surface area contributed by atoms with Crippen LogP contribution in [0.2, 0.25) is 0 Å². The van der Waals surface area contributed by atoms with Gasteiger partial charge < -0.3 is 4.90 Å². The molecule has 3 aromatic rings. The summed E-state index contributed by atoms with van der Waals surface area (Å²) in [6.45, 7) is 0.677. The van der Waals surface area contributed by atoms with E-state index in [1.54, 1.807) is 23.5 Å². The normalized spacial score (nSPS) is 10.9. The van der Waals surface area contributed by atoms with Gasteiger partial charge in [-0.2, -0.15) is 0 Å². The van der Waals surface area contributed by atoms with E-state index in [1.165, 1.54) is 17.3 Å². The van der Waals surface area contributed by atoms with Gasteiger partial charge in [0.25, 0.3) is 0 Å². The second-order valence-corrected chi connectivity index (χ2v) is 6.94. The van der Waals surface area contributed by atoms with E-state index < -0.39 is 0 Å². The lowest BCUT2D eigenvalue weighted by Gasteiger charge is -2.18. The molecular weight excluding hydrogens is 341 g/mol. The highest BCUT2D eigenvalue weighted by Gasteiger charge is 2.13. The molecule has 6 heteroatoms. The van der Waals surface area contributed by atoms with E-state index in [1.807, 2.05) is 24.1 Å². The summed E-state index contributed by atoms with van der Waals surface area (Å²) in [6, 6.07) is 8.94. The number of benzene rings is 1. The Morgan fingerprint density at radius 3 is 2.85 bits per heavy atom. The number of nitrogens with zero attached hydrogens (tertiary/aromatic N) is 3. The Bertz CT molecular complexity index is 754. The number of fused-ring (bicyclic) bond motifs is 1. The predicted molar refractivity (Wildman–Crippen MR) is 83.6 cm³/mol. The summed E-state index contributed by atoms with van der Waals surface area (Å²) in [5, 5.41) is 0.466. The average Bonchev–Trinajstić information content (AvgIpc) is 2.84. The van der Waals surface area contributed by atoms with Crippen molar-refractivity contribution in [3.8, 4) is 0 Å². The van der Waals surface area contributed by atoms with Crippen molar-refractivity contribution in [3.05, 3.63) is 51.1 Å². The molecule has 0 aliphatic carbocycles. The van der Waals surface area contributed by atoms with Gasteiger partial charge in [0.2, 0.25) is 0 Å². The molecule has 3 nitrogen and oxygen atoms in total. The summed E-state index contributed by atoms with van der Waals surface area (Å²) in [7, 11) is 1.90. The van der Waals surface area contributed by atoms with Crippen LogP contribution in [-0.2, 0) is 6.54 Å². The molecule has 0 spiro atoms. The number of hydrogen-bond donors (Lipinski definition) is 0. The first-order valence-electron chi connectivity index (χ1n) is 6.00. The quantitative estimate of drug-likeness (QED) is 0.706. The summed E-state index contributed by atoms with van der Waals surface area (Å²) < 4.78 is 15.1. The highest BCUT2D eigenvalue weighted by atomic mass is 79.9. The molecule has 0 saturated carbocycles. The van der Waals surface area contributed by atoms with Crippen LogP contribution in [0.3, 0.4) is 0 Å². The second kappa shape index (κ2) is 5.46. The van der Waals surface area contributed by atoms with E-state index in [0.29, 0.717) is 23.3 Å². The SMILES string of the molecule is CN(Cc1ccc(Br)s1)c1ncnc2cccc(F)c12. The minimum Gasteiger partial charge on any atom is -0.354 e. The highest BCUT2D eigenvalue weighted by Crippen LogP contribution is 2.28. The first-order chi connectivity index (χ1) is 9.65. The smallest absolute Gasteiger partial charge is 0.142 e. The fraction of sp³-hybridized carbons (Fsp3) is 0.143. The largest absolute Gasteiger partial charge is 0.354 e. The lowest BCUT2D eigenvalue weighted by atomic mass is 10.2. The standard InChI is InChI=1S/C14H11BrFN3S/c1-19(7-9-5-6-12(15)20-9)14-13-10(16)3-2-4-11(13)17-8-18-14/h2-6,8H,7H2,1H3. The van der Waals surface area contributed by atoms with Gasteiger partial charge in [-0.05, 0) is 40.2 Å². The number of rotatable bonds is 3. The van der Waals surface area contributed by atoms with Crippen LogP contribution in [0.5, 0.6) is 0 Å². The fourth-order valence-corrected chi connectivity index (χ4v) is 3.62. The Morgan fingerprint density at radius 1 is 1.25 bits per heavy atom. The maximum atomic E-state index is 14.0. The molecule has 2 heterocycles. The molecule has 0 bridgehead atoms. The fourth-order valence-electron chi connectivity index (χ4n) is 2.09. The summed E-state index contributed by atoms with van der Waals surface area (Å²) in [5.41, 5.74) is 0.620. The zero-order chi connectivity index (χ0) is 14.1. The van der Waals surface area contributed by atoms with Gasteiger partial charge in [-0.15, -0.1) is 11.3 Å². The predicted octanol–water partition coefficient (Wildman–Crippen LogP) is 4.23. The van der Waals surface area contributed by atoms with Gasteiger partial charge in [0, 0.05) is 11.9 Å². The molecule has 0 unspecified atom stereocenters. The maximum absolute atomic E-state index is 14.0. The molecule has 2 aromatic heterocycles. The summed E-state index contributed by atoms with van der Waals surface area (Å²) in [5.74, 6) is 0.315. The molecule has 0 aliphatic heterocycles. The number of anilines is 1. The zero-order valence-electron chi connectivity index (χ0n) is 10.7. The van der Waals surface area contributed by atoms with Crippen molar-refractivity contribution in [2.75, 3.05) is 11.9 Å². The van der Waals surface area contributed by atoms with Crippen molar-refractivity contribution >= 4 is 44.0 Å². The van der Waals surface area contributed by atoms with Gasteiger partial charge in [-0.25, -0.2) is 14.4 Å². The molecule has 0 N–H and O–H groups in total. The lowest BCUT2D eigenvalue weighted by molar-refractivity contribution is 0.638. The van der Waals surface area contributed by atoms with Gasteiger partial charge in [0.15, 0.2) is 0 Å². The molecule has 0 amide bonds. The third-order valence-corrected chi connectivity index (χ3v) is 4.58. The number of hydrogen-bond acceptors (Lipinski definition) is 4. The van der Waals surface area contributed by atoms with Crippen LogP contribution in [-0.4, -0.2) is 17.0 Å². The van der Waals surface area contributed by atoms with Crippen molar-refractivity contribution in [1.82, 2.24) is 9.97 Å². The molecule has 3 rings (SSSR count). The second-order valence-electron chi connectivity index (χ2n) is 4.39. The number of thiophene rings is 1. The Labute approximate surface area is 128 Å². The van der Waals surface area contributed by atoms with Crippen LogP contribution in [0.4, 0.5) is 10.2 Å². The molecule has 1 aromatic carbocycles. The number of aromatic nitrogens is 2. The molecule has 0 radical (unpaired) electrons. The molecule has 0 aliphatic rings. The number of halogens is 2. The Morgan fingerprint density at radius 2 is 2.10 bits per heavy atom. The minimum atomic E-state index is -0.294. The van der Waals surface area contributed by atoms with Crippen LogP contribution >= 0.6 is 27.3 Å². The van der Waals surface area contributed by atoms with E-state index >= 15 is 0 Å². The Balaban J connectivity index is 2.01. The topological polar surface area (TPSA) is 29.0 Å². The van der Waals surface area contributed by atoms with E-state index in [9.17, 15) is 4.39 Å². The molecule has 20 heavy (non-hydrogen) atoms. The summed E-state index contributed by atoms with van der Waals surface area (Å²) in [4.78, 5) is 11.5. The summed E-state index contributed by atoms with van der Waals surface area (Å²) in [6.07, 6.45) is 1.47. The molecule has 0 fully saturated rings. The van der Waals surface area contributed by atoms with Crippen LogP contribution in [0.25, 0.3) is 10.9 Å². The van der Waals surface area contributed by atoms with Gasteiger partial charge >= 0.3 is 0 Å². The van der Waals surface area contributed by atoms with Crippen LogP contribution in [0, 0.1) is 5.82 Å². The van der Waals surface area contributed by atoms with E-state index in [2.05, 4.69) is 25.9 Å². The molecular formula is C14H11BrFN3S. The van der Waals surface area contributed by atoms with E-state index in [4.69, 9.17) is 0 Å². The van der Waals surface area contributed by atoms with Gasteiger partial charge in [-0.3, -0.25) is 0 Å². The van der Waals surface area contributed by atoms with Crippen LogP contribution < -0.4 is 4.90 Å². The first kappa shape index (κ1) is 13.5. The third-order valence-electron chi connectivity index (χ3n) is 2.98. The minimum absolute atomic E-state index is 0.294. The van der Waals surface area contributed by atoms with Crippen molar-refractivity contribution in [3.63, 3.8) is 0 Å². The maximum Gasteiger partial charge on any atom is 0.142 e. The molecule has 102 valence electrons. The van der Waals surface area contributed by atoms with Gasteiger partial charge in [0.05, 0.1) is 21.2 Å². The third kappa shape index (κ3) is 2.53. The monoisotopic (exact) mass is 351 g/mol. The van der Waals surface area contributed by atoms with E-state index in [-0.39, 0.29) is 5.82 Å². The molecule has 0 atom stereocenters. The van der Waals surface area contributed by atoms with Crippen molar-refractivity contribution in [1.29, 1.82) is 0 Å². The zero-order valence-corrected chi connectivity index (χ0v) is 13.1. The van der Waals surface area contributed by atoms with Crippen molar-refractivity contribution in [2.24, 2.45) is 0 Å². The highest BCUT2D eigenvalue weighted by molar-refractivity contribution is 9.11. The summed E-state index contributed by atoms with van der Waals surface area (Å²) >= 11 is 5.10. The van der Waals surface area contributed by atoms with Gasteiger partial charge in [-0.1, -0.05) is 6.07 Å². The first-order valence-corrected chi connectivity index (χ1v) is 7.60. The molecule has 0 saturated heterocycles.